The third kappa shape index (κ3) is 5.09. The van der Waals surface area contributed by atoms with Crippen LogP contribution in [-0.2, 0) is 4.18 Å². The molecule has 1 unspecified atom stereocenters. The van der Waals surface area contributed by atoms with E-state index in [2.05, 4.69) is 20.3 Å². The van der Waals surface area contributed by atoms with Crippen molar-refractivity contribution in [2.24, 2.45) is 0 Å². The molecule has 2 aromatic rings. The zero-order chi connectivity index (χ0) is 15.1. The smallest absolute Gasteiger partial charge is 0.227 e. The highest BCUT2D eigenvalue weighted by molar-refractivity contribution is 7.94. The Morgan fingerprint density at radius 2 is 2.05 bits per heavy atom. The number of hydrogen-bond donors (Lipinski definition) is 2. The lowest BCUT2D eigenvalue weighted by Crippen LogP contribution is -2.24. The molecule has 2 rings (SSSR count). The third-order valence-electron chi connectivity index (χ3n) is 2.47. The maximum Gasteiger partial charge on any atom is 0.227 e. The maximum absolute atomic E-state index is 5.69. The minimum Gasteiger partial charge on any atom is -0.491 e. The number of anilines is 2. The molecule has 7 nitrogen and oxygen atoms in total. The summed E-state index contributed by atoms with van der Waals surface area (Å²) in [6.07, 6.45) is 1.37. The molecular formula is C13H17N5O2S. The lowest BCUT2D eigenvalue weighted by molar-refractivity contribution is 0.303. The number of rotatable bonds is 7. The van der Waals surface area contributed by atoms with E-state index in [4.69, 9.17) is 14.7 Å². The van der Waals surface area contributed by atoms with Crippen molar-refractivity contribution >= 4 is 23.9 Å². The summed E-state index contributed by atoms with van der Waals surface area (Å²) in [4.78, 5) is 12.7. The second-order valence-corrected chi connectivity index (χ2v) is 5.22. The van der Waals surface area contributed by atoms with Gasteiger partial charge in [0.15, 0.2) is 0 Å². The fourth-order valence-electron chi connectivity index (χ4n) is 1.55. The van der Waals surface area contributed by atoms with Crippen molar-refractivity contribution in [3.8, 4) is 5.75 Å². The number of hydrogen-bond acceptors (Lipinski definition) is 8. The zero-order valence-electron chi connectivity index (χ0n) is 11.8. The van der Waals surface area contributed by atoms with E-state index in [0.717, 1.165) is 10.6 Å². The number of nitrogens with zero attached hydrogens (tertiary/aromatic N) is 3. The molecule has 0 fully saturated rings. The third-order valence-corrected chi connectivity index (χ3v) is 3.10. The molecule has 1 aromatic heterocycles. The average molecular weight is 307 g/mol. The highest BCUT2D eigenvalue weighted by atomic mass is 32.2. The molecule has 0 aliphatic carbocycles. The minimum atomic E-state index is 0.0276. The van der Waals surface area contributed by atoms with E-state index in [9.17, 15) is 0 Å². The first-order valence-corrected chi connectivity index (χ1v) is 7.06. The highest BCUT2D eigenvalue weighted by Crippen LogP contribution is 2.21. The van der Waals surface area contributed by atoms with Gasteiger partial charge in [0.25, 0.3) is 0 Å². The van der Waals surface area contributed by atoms with Crippen LogP contribution in [0.1, 0.15) is 6.92 Å². The minimum absolute atomic E-state index is 0.0276. The van der Waals surface area contributed by atoms with Gasteiger partial charge in [0.2, 0.25) is 11.9 Å². The number of ether oxygens (including phenoxy) is 1. The number of aromatic nitrogens is 3. The Morgan fingerprint density at radius 1 is 1.29 bits per heavy atom. The zero-order valence-corrected chi connectivity index (χ0v) is 12.6. The molecule has 1 aromatic carbocycles. The molecule has 0 aliphatic rings. The monoisotopic (exact) mass is 307 g/mol. The fraction of sp³-hybridized carbons (Fsp3) is 0.308. The molecular weight excluding hydrogens is 290 g/mol. The van der Waals surface area contributed by atoms with E-state index < -0.39 is 0 Å². The Morgan fingerprint density at radius 3 is 2.71 bits per heavy atom. The largest absolute Gasteiger partial charge is 0.491 e. The molecule has 0 spiro atoms. The molecule has 0 radical (unpaired) electrons. The Labute approximate surface area is 127 Å². The van der Waals surface area contributed by atoms with E-state index in [1.165, 1.54) is 18.4 Å². The van der Waals surface area contributed by atoms with E-state index >= 15 is 0 Å². The average Bonchev–Trinajstić information content (AvgIpc) is 2.47. The van der Waals surface area contributed by atoms with Crippen molar-refractivity contribution in [2.75, 3.05) is 24.8 Å². The van der Waals surface area contributed by atoms with Crippen molar-refractivity contribution < 1.29 is 8.92 Å². The van der Waals surface area contributed by atoms with Gasteiger partial charge in [-0.2, -0.15) is 4.98 Å². The number of nitrogens with one attached hydrogen (secondary N) is 1. The van der Waals surface area contributed by atoms with Crippen molar-refractivity contribution in [2.45, 2.75) is 17.9 Å². The quantitative estimate of drug-likeness (QED) is 0.750. The van der Waals surface area contributed by atoms with Crippen LogP contribution in [0.25, 0.3) is 0 Å². The van der Waals surface area contributed by atoms with Gasteiger partial charge in [-0.3, -0.25) is 0 Å². The van der Waals surface area contributed by atoms with Gasteiger partial charge in [-0.25, -0.2) is 9.97 Å². The van der Waals surface area contributed by atoms with Crippen LogP contribution in [0.4, 0.5) is 11.9 Å². The summed E-state index contributed by atoms with van der Waals surface area (Å²) in [6.45, 7) is 2.44. The molecule has 1 atom stereocenters. The molecule has 8 heteroatoms. The molecule has 0 saturated carbocycles. The molecule has 1 heterocycles. The van der Waals surface area contributed by atoms with Crippen LogP contribution in [0.2, 0.25) is 0 Å². The van der Waals surface area contributed by atoms with Crippen molar-refractivity contribution in [1.82, 2.24) is 15.0 Å². The van der Waals surface area contributed by atoms with Gasteiger partial charge < -0.3 is 20.0 Å². The van der Waals surface area contributed by atoms with Crippen LogP contribution in [0, 0.1) is 0 Å². The van der Waals surface area contributed by atoms with E-state index in [1.807, 2.05) is 31.2 Å². The second kappa shape index (κ2) is 7.65. The fourth-order valence-corrected chi connectivity index (χ4v) is 1.99. The van der Waals surface area contributed by atoms with E-state index in [1.54, 1.807) is 7.11 Å². The number of nitrogens with two attached hydrogens (primary N) is 1. The first-order chi connectivity index (χ1) is 10.2. The Balaban J connectivity index is 1.82. The molecule has 3 N–H and O–H groups in total. The summed E-state index contributed by atoms with van der Waals surface area (Å²) < 4.78 is 10.7. The van der Waals surface area contributed by atoms with Gasteiger partial charge in [0.1, 0.15) is 18.7 Å². The van der Waals surface area contributed by atoms with Crippen LogP contribution < -0.4 is 15.8 Å². The van der Waals surface area contributed by atoms with Crippen molar-refractivity contribution in [3.63, 3.8) is 0 Å². The summed E-state index contributed by atoms with van der Waals surface area (Å²) in [5, 5.41) is 3.09. The van der Waals surface area contributed by atoms with E-state index in [0.29, 0.717) is 12.6 Å². The van der Waals surface area contributed by atoms with Gasteiger partial charge in [-0.15, -0.1) is 0 Å². The molecule has 0 bridgehead atoms. The standard InChI is InChI=1S/C13H17N5O2S/c1-9(17-13-16-8-15-12(14)18-13)7-20-10-3-5-11(6-4-10)21-19-2/h3-6,8-9H,7H2,1-2H3,(H3,14,15,16,17,18). The Bertz CT molecular complexity index is 567. The van der Waals surface area contributed by atoms with Crippen LogP contribution in [-0.4, -0.2) is 34.7 Å². The topological polar surface area (TPSA) is 95.2 Å². The Hall–Kier alpha value is -2.06. The van der Waals surface area contributed by atoms with Crippen LogP contribution in [0.3, 0.4) is 0 Å². The van der Waals surface area contributed by atoms with Crippen LogP contribution in [0.15, 0.2) is 35.5 Å². The van der Waals surface area contributed by atoms with Crippen LogP contribution >= 0.6 is 12.0 Å². The summed E-state index contributed by atoms with van der Waals surface area (Å²) in [5.74, 6) is 1.41. The normalized spacial score (nSPS) is 11.9. The highest BCUT2D eigenvalue weighted by Gasteiger charge is 2.06. The summed E-state index contributed by atoms with van der Waals surface area (Å²) in [5.41, 5.74) is 5.49. The van der Waals surface area contributed by atoms with Gasteiger partial charge >= 0.3 is 0 Å². The van der Waals surface area contributed by atoms with Gasteiger partial charge in [0, 0.05) is 16.9 Å². The molecule has 0 saturated heterocycles. The molecule has 112 valence electrons. The lowest BCUT2D eigenvalue weighted by atomic mass is 10.3. The SMILES string of the molecule is COSc1ccc(OCC(C)Nc2ncnc(N)n2)cc1. The summed E-state index contributed by atoms with van der Waals surface area (Å²) >= 11 is 1.31. The Kier molecular flexibility index (Phi) is 5.59. The number of nitrogen functional groups attached to an aromatic ring is 1. The first kappa shape index (κ1) is 15.3. The van der Waals surface area contributed by atoms with Crippen molar-refractivity contribution in [3.05, 3.63) is 30.6 Å². The van der Waals surface area contributed by atoms with Gasteiger partial charge in [-0.1, -0.05) is 0 Å². The van der Waals surface area contributed by atoms with Crippen LogP contribution in [0.5, 0.6) is 5.75 Å². The molecule has 0 amide bonds. The van der Waals surface area contributed by atoms with Gasteiger partial charge in [-0.05, 0) is 31.2 Å². The lowest BCUT2D eigenvalue weighted by Gasteiger charge is -2.15. The summed E-state index contributed by atoms with van der Waals surface area (Å²) in [6, 6.07) is 7.70. The first-order valence-electron chi connectivity index (χ1n) is 6.32. The predicted molar refractivity (Wildman–Crippen MR) is 82.1 cm³/mol. The molecule has 21 heavy (non-hydrogen) atoms. The second-order valence-electron chi connectivity index (χ2n) is 4.25. The summed E-state index contributed by atoms with van der Waals surface area (Å²) in [7, 11) is 1.64. The maximum atomic E-state index is 5.69. The number of benzene rings is 1. The molecule has 0 aliphatic heterocycles. The van der Waals surface area contributed by atoms with Gasteiger partial charge in [0.05, 0.1) is 13.2 Å². The van der Waals surface area contributed by atoms with Crippen molar-refractivity contribution in [1.29, 1.82) is 0 Å². The van der Waals surface area contributed by atoms with E-state index in [-0.39, 0.29) is 12.0 Å². The predicted octanol–water partition coefficient (Wildman–Crippen LogP) is 1.99.